The second kappa shape index (κ2) is 6.22. The average Bonchev–Trinajstić information content (AvgIpc) is 3.20. The van der Waals surface area contributed by atoms with E-state index in [1.54, 1.807) is 0 Å². The molecule has 128 valence electrons. The minimum absolute atomic E-state index is 0.0320. The Morgan fingerprint density at radius 3 is 2.67 bits per heavy atom. The fraction of sp³-hybridized carbons (Fsp3) is 0.526. The largest absolute Gasteiger partial charge is 0.451 e. The fourth-order valence-corrected chi connectivity index (χ4v) is 4.03. The van der Waals surface area contributed by atoms with Gasteiger partial charge in [-0.1, -0.05) is 11.6 Å². The number of amides is 1. The summed E-state index contributed by atoms with van der Waals surface area (Å²) in [5.41, 5.74) is 1.92. The number of aryl methyl sites for hydroxylation is 1. The van der Waals surface area contributed by atoms with Crippen molar-refractivity contribution in [2.75, 3.05) is 26.2 Å². The van der Waals surface area contributed by atoms with E-state index in [2.05, 4.69) is 4.90 Å². The van der Waals surface area contributed by atoms with Gasteiger partial charge in [0, 0.05) is 37.6 Å². The third-order valence-electron chi connectivity index (χ3n) is 5.40. The van der Waals surface area contributed by atoms with E-state index in [0.29, 0.717) is 18.8 Å². The molecule has 0 unspecified atom stereocenters. The third kappa shape index (κ3) is 2.82. The Bertz CT molecular complexity index is 746. The standard InChI is InChI=1S/C19H24N2O3/c1-13-5-6-17-14(11-13)12-18(24-17)19(23)21-9-7-20(8-10-21)15-3-2-4-16(15)22/h5-6,11-12,15-16,22H,2-4,7-10H2,1H3/t15-,16+/m1/s1. The van der Waals surface area contributed by atoms with Crippen LogP contribution in [0.5, 0.6) is 0 Å². The van der Waals surface area contributed by atoms with E-state index in [1.165, 1.54) is 0 Å². The van der Waals surface area contributed by atoms with Crippen LogP contribution in [-0.4, -0.2) is 59.1 Å². The van der Waals surface area contributed by atoms with Crippen molar-refractivity contribution >= 4 is 16.9 Å². The van der Waals surface area contributed by atoms with Crippen LogP contribution in [0.1, 0.15) is 35.4 Å². The van der Waals surface area contributed by atoms with Crippen LogP contribution in [0.4, 0.5) is 0 Å². The summed E-state index contributed by atoms with van der Waals surface area (Å²) < 4.78 is 5.74. The maximum atomic E-state index is 12.7. The Morgan fingerprint density at radius 2 is 1.96 bits per heavy atom. The molecular weight excluding hydrogens is 304 g/mol. The SMILES string of the molecule is Cc1ccc2oc(C(=O)N3CCN([C@@H]4CCC[C@@H]4O)CC3)cc2c1. The van der Waals surface area contributed by atoms with Gasteiger partial charge in [0.1, 0.15) is 5.58 Å². The average molecular weight is 328 g/mol. The van der Waals surface area contributed by atoms with E-state index in [-0.39, 0.29) is 18.1 Å². The summed E-state index contributed by atoms with van der Waals surface area (Å²) in [5.74, 6) is 0.389. The van der Waals surface area contributed by atoms with Gasteiger partial charge in [-0.15, -0.1) is 0 Å². The van der Waals surface area contributed by atoms with Crippen LogP contribution in [0, 0.1) is 6.92 Å². The molecule has 1 N–H and O–H groups in total. The van der Waals surface area contributed by atoms with Gasteiger partial charge >= 0.3 is 0 Å². The number of carbonyl (C=O) groups is 1. The molecule has 1 amide bonds. The quantitative estimate of drug-likeness (QED) is 0.920. The molecule has 2 aromatic rings. The van der Waals surface area contributed by atoms with Crippen LogP contribution in [0.3, 0.4) is 0 Å². The lowest BCUT2D eigenvalue weighted by Crippen LogP contribution is -2.53. The van der Waals surface area contributed by atoms with Crippen molar-refractivity contribution in [1.29, 1.82) is 0 Å². The summed E-state index contributed by atoms with van der Waals surface area (Å²) in [4.78, 5) is 16.9. The maximum Gasteiger partial charge on any atom is 0.289 e. The number of hydrogen-bond donors (Lipinski definition) is 1. The Hall–Kier alpha value is -1.85. The molecular formula is C19H24N2O3. The van der Waals surface area contributed by atoms with Gasteiger partial charge < -0.3 is 14.4 Å². The Morgan fingerprint density at radius 1 is 1.17 bits per heavy atom. The van der Waals surface area contributed by atoms with Gasteiger partial charge in [-0.3, -0.25) is 9.69 Å². The highest BCUT2D eigenvalue weighted by molar-refractivity contribution is 5.96. The molecule has 0 bridgehead atoms. The van der Waals surface area contributed by atoms with Gasteiger partial charge in [0.15, 0.2) is 5.76 Å². The number of nitrogens with zero attached hydrogens (tertiary/aromatic N) is 2. The van der Waals surface area contributed by atoms with Crippen molar-refractivity contribution in [2.24, 2.45) is 0 Å². The monoisotopic (exact) mass is 328 g/mol. The number of benzene rings is 1. The molecule has 1 aliphatic heterocycles. The molecule has 24 heavy (non-hydrogen) atoms. The van der Waals surface area contributed by atoms with Crippen LogP contribution < -0.4 is 0 Å². The number of aliphatic hydroxyl groups is 1. The normalized spacial score (nSPS) is 25.5. The molecule has 2 atom stereocenters. The number of aliphatic hydroxyl groups excluding tert-OH is 1. The molecule has 1 aromatic heterocycles. The van der Waals surface area contributed by atoms with Crippen molar-refractivity contribution in [3.63, 3.8) is 0 Å². The molecule has 2 aliphatic rings. The fourth-order valence-electron chi connectivity index (χ4n) is 4.03. The molecule has 1 saturated carbocycles. The summed E-state index contributed by atoms with van der Waals surface area (Å²) in [5, 5.41) is 11.0. The summed E-state index contributed by atoms with van der Waals surface area (Å²) in [6, 6.07) is 8.07. The first-order valence-corrected chi connectivity index (χ1v) is 8.83. The highest BCUT2D eigenvalue weighted by atomic mass is 16.3. The molecule has 1 aliphatic carbocycles. The summed E-state index contributed by atoms with van der Waals surface area (Å²) in [6.07, 6.45) is 2.87. The van der Waals surface area contributed by atoms with Crippen LogP contribution >= 0.6 is 0 Å². The zero-order chi connectivity index (χ0) is 16.7. The van der Waals surface area contributed by atoms with Crippen molar-refractivity contribution in [3.8, 4) is 0 Å². The zero-order valence-corrected chi connectivity index (χ0v) is 14.1. The van der Waals surface area contributed by atoms with Crippen molar-refractivity contribution in [1.82, 2.24) is 9.80 Å². The topological polar surface area (TPSA) is 56.9 Å². The van der Waals surface area contributed by atoms with E-state index >= 15 is 0 Å². The minimum atomic E-state index is -0.203. The maximum absolute atomic E-state index is 12.7. The molecule has 5 nitrogen and oxygen atoms in total. The predicted octanol–water partition coefficient (Wildman–Crippen LogP) is 2.41. The molecule has 1 aromatic carbocycles. The van der Waals surface area contributed by atoms with E-state index < -0.39 is 0 Å². The van der Waals surface area contributed by atoms with Crippen molar-refractivity contribution in [3.05, 3.63) is 35.6 Å². The molecule has 1 saturated heterocycles. The van der Waals surface area contributed by atoms with Gasteiger partial charge in [0.2, 0.25) is 0 Å². The van der Waals surface area contributed by atoms with Crippen LogP contribution in [0.25, 0.3) is 11.0 Å². The van der Waals surface area contributed by atoms with Crippen molar-refractivity contribution < 1.29 is 14.3 Å². The van der Waals surface area contributed by atoms with Gasteiger partial charge in [-0.25, -0.2) is 0 Å². The van der Waals surface area contributed by atoms with E-state index in [1.807, 2.05) is 36.1 Å². The molecule has 4 rings (SSSR count). The molecule has 0 radical (unpaired) electrons. The number of fused-ring (bicyclic) bond motifs is 1. The lowest BCUT2D eigenvalue weighted by atomic mass is 10.1. The number of hydrogen-bond acceptors (Lipinski definition) is 4. The van der Waals surface area contributed by atoms with Gasteiger partial charge in [0.05, 0.1) is 6.10 Å². The van der Waals surface area contributed by atoms with Crippen molar-refractivity contribution in [2.45, 2.75) is 38.3 Å². The molecule has 2 fully saturated rings. The number of piperazine rings is 1. The smallest absolute Gasteiger partial charge is 0.289 e. The molecule has 5 heteroatoms. The highest BCUT2D eigenvalue weighted by Crippen LogP contribution is 2.26. The molecule has 0 spiro atoms. The summed E-state index contributed by atoms with van der Waals surface area (Å²) in [7, 11) is 0. The Kier molecular flexibility index (Phi) is 4.06. The summed E-state index contributed by atoms with van der Waals surface area (Å²) >= 11 is 0. The van der Waals surface area contributed by atoms with Crippen LogP contribution in [-0.2, 0) is 0 Å². The Labute approximate surface area is 141 Å². The summed E-state index contributed by atoms with van der Waals surface area (Å²) in [6.45, 7) is 5.07. The van der Waals surface area contributed by atoms with Crippen LogP contribution in [0.2, 0.25) is 0 Å². The number of rotatable bonds is 2. The lowest BCUT2D eigenvalue weighted by Gasteiger charge is -2.38. The van der Waals surface area contributed by atoms with E-state index in [4.69, 9.17) is 4.42 Å². The van der Waals surface area contributed by atoms with Crippen LogP contribution in [0.15, 0.2) is 28.7 Å². The predicted molar refractivity (Wildman–Crippen MR) is 92.1 cm³/mol. The zero-order valence-electron chi connectivity index (χ0n) is 14.1. The highest BCUT2D eigenvalue weighted by Gasteiger charge is 2.33. The second-order valence-electron chi connectivity index (χ2n) is 7.05. The first-order chi connectivity index (χ1) is 11.6. The van der Waals surface area contributed by atoms with E-state index in [9.17, 15) is 9.90 Å². The van der Waals surface area contributed by atoms with Gasteiger partial charge in [-0.2, -0.15) is 0 Å². The lowest BCUT2D eigenvalue weighted by molar-refractivity contribution is 0.0303. The molecule has 2 heterocycles. The second-order valence-corrected chi connectivity index (χ2v) is 7.05. The van der Waals surface area contributed by atoms with E-state index in [0.717, 1.165) is 48.9 Å². The first kappa shape index (κ1) is 15.7. The first-order valence-electron chi connectivity index (χ1n) is 8.83. The Balaban J connectivity index is 1.43. The number of furan rings is 1. The van der Waals surface area contributed by atoms with Gasteiger partial charge in [0.25, 0.3) is 5.91 Å². The minimum Gasteiger partial charge on any atom is -0.451 e. The number of carbonyl (C=O) groups excluding carboxylic acids is 1. The third-order valence-corrected chi connectivity index (χ3v) is 5.40. The van der Waals surface area contributed by atoms with Gasteiger partial charge in [-0.05, 0) is 44.4 Å².